The number of nitrogens with zero attached hydrogens (tertiary/aromatic N) is 1. The van der Waals surface area contributed by atoms with Gasteiger partial charge in [0.1, 0.15) is 0 Å². The highest BCUT2D eigenvalue weighted by atomic mass is 19.2. The Labute approximate surface area is 478 Å². The summed E-state index contributed by atoms with van der Waals surface area (Å²) in [5.41, 5.74) is -18.1. The lowest BCUT2D eigenvalue weighted by molar-refractivity contribution is 0.370. The van der Waals surface area contributed by atoms with Crippen molar-refractivity contribution in [1.82, 2.24) is 4.90 Å². The maximum atomic E-state index is 13.4. The zero-order valence-corrected chi connectivity index (χ0v) is 42.6. The molecule has 0 aliphatic heterocycles. The molecule has 8 aromatic rings. The third-order valence-electron chi connectivity index (χ3n) is 10.7. The highest BCUT2D eigenvalue weighted by molar-refractivity contribution is 5.70. The number of benzene rings is 8. The van der Waals surface area contributed by atoms with Gasteiger partial charge in [0.15, 0.2) is 186 Å². The van der Waals surface area contributed by atoms with Gasteiger partial charge in [-0.15, -0.1) is 0 Å². The van der Waals surface area contributed by atoms with Crippen molar-refractivity contribution in [1.29, 1.82) is 0 Å². The van der Waals surface area contributed by atoms with Crippen LogP contribution in [-0.4, -0.2) is 26.0 Å². The molecular formula is C51H9F40N. The van der Waals surface area contributed by atoms with Gasteiger partial charge in [0.05, 0.1) is 44.5 Å². The van der Waals surface area contributed by atoms with Gasteiger partial charge < -0.3 is 4.90 Å². The Kier molecular flexibility index (Phi) is 23.1. The summed E-state index contributed by atoms with van der Waals surface area (Å²) in [6, 6.07) is 0. The van der Waals surface area contributed by atoms with Gasteiger partial charge in [-0.25, -0.2) is 176 Å². The number of hydrogen-bond donors (Lipinski definition) is 0. The van der Waals surface area contributed by atoms with Crippen LogP contribution in [0.5, 0.6) is 0 Å². The average molecular weight is 1400 g/mol. The van der Waals surface area contributed by atoms with Crippen LogP contribution in [0, 0.1) is 233 Å². The molecule has 41 heteroatoms. The van der Waals surface area contributed by atoms with Crippen molar-refractivity contribution in [2.24, 2.45) is 0 Å². The third-order valence-corrected chi connectivity index (χ3v) is 10.7. The Hall–Kier alpha value is -9.08. The largest absolute Gasteiger partial charge is 0.312 e. The molecule has 0 atom stereocenters. The average Bonchev–Trinajstić information content (AvgIpc) is 0.777. The molecule has 0 amide bonds. The Morgan fingerprint density at radius 1 is 0.0978 bits per heavy atom. The molecule has 0 aromatic heterocycles. The first kappa shape index (κ1) is 75.4. The SMILES string of the molecule is CN(C)C.Fc1c(F)c(F)c(-c2c(F)c(F)c(F)c(F)c2F)c(F)c1F.Fc1c(F)c(F)c(-c2c(F)c(F)c(F)c(F)c2F)c(F)c1F.Fc1c(F)c(F)c(-c2c(F)c(F)c(F)c(F)c2F)c(F)c1F.Fc1c(F)c(F)c(-c2c(F)c(F)c(F)c(F)c2F)c(F)c1F. The predicted molar refractivity (Wildman–Crippen MR) is 225 cm³/mol. The van der Waals surface area contributed by atoms with Crippen molar-refractivity contribution < 1.29 is 176 Å². The fraction of sp³-hybridized carbons (Fsp3) is 0.0588. The van der Waals surface area contributed by atoms with Gasteiger partial charge in [0, 0.05) is 0 Å². The van der Waals surface area contributed by atoms with Crippen LogP contribution in [0.2, 0.25) is 0 Å². The van der Waals surface area contributed by atoms with Gasteiger partial charge in [-0.05, 0) is 21.1 Å². The van der Waals surface area contributed by atoms with Crippen LogP contribution in [0.1, 0.15) is 0 Å². The molecule has 92 heavy (non-hydrogen) atoms. The van der Waals surface area contributed by atoms with Crippen LogP contribution in [-0.2, 0) is 0 Å². The molecular weight excluding hydrogens is 1390 g/mol. The topological polar surface area (TPSA) is 3.24 Å². The van der Waals surface area contributed by atoms with Crippen molar-refractivity contribution in [3.63, 3.8) is 0 Å². The van der Waals surface area contributed by atoms with Gasteiger partial charge in [0.25, 0.3) is 0 Å². The Morgan fingerprint density at radius 3 is 0.174 bits per heavy atom. The van der Waals surface area contributed by atoms with Crippen molar-refractivity contribution in [2.75, 3.05) is 21.1 Å². The van der Waals surface area contributed by atoms with E-state index in [1.165, 1.54) is 0 Å². The van der Waals surface area contributed by atoms with Crippen LogP contribution in [0.4, 0.5) is 176 Å². The highest BCUT2D eigenvalue weighted by Gasteiger charge is 2.39. The minimum absolute atomic E-state index is 2.00. The van der Waals surface area contributed by atoms with Crippen molar-refractivity contribution in [2.45, 2.75) is 0 Å². The second-order valence-corrected chi connectivity index (χ2v) is 16.9. The molecule has 498 valence electrons. The summed E-state index contributed by atoms with van der Waals surface area (Å²) in [5.74, 6) is -107. The van der Waals surface area contributed by atoms with E-state index in [1.54, 1.807) is 0 Å². The van der Waals surface area contributed by atoms with Crippen LogP contribution in [0.25, 0.3) is 44.5 Å². The van der Waals surface area contributed by atoms with Crippen LogP contribution in [0.15, 0.2) is 0 Å². The maximum Gasteiger partial charge on any atom is 0.200 e. The van der Waals surface area contributed by atoms with Gasteiger partial charge in [-0.1, -0.05) is 0 Å². The predicted octanol–water partition coefficient (Wildman–Crippen LogP) is 19.2. The molecule has 0 N–H and O–H groups in total. The molecule has 0 saturated heterocycles. The van der Waals surface area contributed by atoms with E-state index in [2.05, 4.69) is 0 Å². The molecule has 8 rings (SSSR count). The molecule has 0 heterocycles. The molecule has 0 aliphatic carbocycles. The minimum Gasteiger partial charge on any atom is -0.312 e. The fourth-order valence-corrected chi connectivity index (χ4v) is 6.60. The van der Waals surface area contributed by atoms with Gasteiger partial charge >= 0.3 is 0 Å². The lowest BCUT2D eigenvalue weighted by Crippen LogP contribution is -2.10. The van der Waals surface area contributed by atoms with E-state index in [0.29, 0.717) is 0 Å². The zero-order valence-electron chi connectivity index (χ0n) is 42.6. The summed E-state index contributed by atoms with van der Waals surface area (Å²) in [4.78, 5) is 2.00. The van der Waals surface area contributed by atoms with E-state index >= 15 is 0 Å². The third kappa shape index (κ3) is 13.1. The molecule has 0 spiro atoms. The second kappa shape index (κ2) is 28.2. The summed E-state index contributed by atoms with van der Waals surface area (Å²) in [6.45, 7) is 0. The van der Waals surface area contributed by atoms with Gasteiger partial charge in [0.2, 0.25) is 46.5 Å². The number of rotatable bonds is 4. The molecule has 0 unspecified atom stereocenters. The second-order valence-electron chi connectivity index (χ2n) is 16.9. The summed E-state index contributed by atoms with van der Waals surface area (Å²) in [5, 5.41) is 0. The fourth-order valence-electron chi connectivity index (χ4n) is 6.60. The summed E-state index contributed by atoms with van der Waals surface area (Å²) in [7, 11) is 6.00. The van der Waals surface area contributed by atoms with Crippen LogP contribution in [0.3, 0.4) is 0 Å². The smallest absolute Gasteiger partial charge is 0.200 e. The van der Waals surface area contributed by atoms with Gasteiger partial charge in [-0.3, -0.25) is 0 Å². The Balaban J connectivity index is 0.000000256. The van der Waals surface area contributed by atoms with Crippen LogP contribution < -0.4 is 0 Å². The first-order chi connectivity index (χ1) is 42.2. The van der Waals surface area contributed by atoms with E-state index in [0.717, 1.165) is 0 Å². The first-order valence-corrected chi connectivity index (χ1v) is 21.9. The van der Waals surface area contributed by atoms with Crippen molar-refractivity contribution >= 4 is 0 Å². The number of halogens is 40. The molecule has 8 aromatic carbocycles. The van der Waals surface area contributed by atoms with E-state index in [9.17, 15) is 176 Å². The molecule has 0 bridgehead atoms. The molecule has 0 saturated carbocycles. The minimum atomic E-state index is -2.68. The highest BCUT2D eigenvalue weighted by Crippen LogP contribution is 2.42. The zero-order chi connectivity index (χ0) is 71.3. The van der Waals surface area contributed by atoms with E-state index in [-0.39, 0.29) is 0 Å². The molecule has 0 fully saturated rings. The van der Waals surface area contributed by atoms with E-state index < -0.39 is 277 Å². The maximum absolute atomic E-state index is 13.4. The summed E-state index contributed by atoms with van der Waals surface area (Å²) < 4.78 is 525. The first-order valence-electron chi connectivity index (χ1n) is 21.9. The Bertz CT molecular complexity index is 3280. The normalized spacial score (nSPS) is 11.1. The van der Waals surface area contributed by atoms with Gasteiger partial charge in [-0.2, -0.15) is 0 Å². The summed E-state index contributed by atoms with van der Waals surface area (Å²) >= 11 is 0. The molecule has 1 nitrogen and oxygen atoms in total. The molecule has 0 radical (unpaired) electrons. The Morgan fingerprint density at radius 2 is 0.130 bits per heavy atom. The van der Waals surface area contributed by atoms with Crippen molar-refractivity contribution in [3.05, 3.63) is 233 Å². The van der Waals surface area contributed by atoms with E-state index in [4.69, 9.17) is 0 Å². The lowest BCUT2D eigenvalue weighted by Gasteiger charge is -2.11. The monoisotopic (exact) mass is 1400 g/mol. The number of hydrogen-bond acceptors (Lipinski definition) is 1. The summed E-state index contributed by atoms with van der Waals surface area (Å²) in [6.07, 6.45) is 0. The molecule has 0 aliphatic rings. The quantitative estimate of drug-likeness (QED) is 0.0964. The lowest BCUT2D eigenvalue weighted by atomic mass is 10.0. The van der Waals surface area contributed by atoms with Crippen molar-refractivity contribution in [3.8, 4) is 44.5 Å². The standard InChI is InChI=1S/4C12F10.C3H9N/c4*13-3-1(4(14)8(18)11(21)7(3)17)2-5(15)9(19)12(22)10(20)6(2)16;1-4(2)3/h;;;;1-3H3. The van der Waals surface area contributed by atoms with Crippen LogP contribution >= 0.6 is 0 Å². The van der Waals surface area contributed by atoms with E-state index in [1.807, 2.05) is 26.0 Å².